The van der Waals surface area contributed by atoms with Crippen LogP contribution in [0.1, 0.15) is 37.7 Å². The number of anilines is 1. The van der Waals surface area contributed by atoms with Crippen LogP contribution in [-0.2, 0) is 6.61 Å². The molecule has 17 heavy (non-hydrogen) atoms. The molecule has 5 nitrogen and oxygen atoms in total. The van der Waals surface area contributed by atoms with E-state index in [0.717, 1.165) is 24.5 Å². The lowest BCUT2D eigenvalue weighted by Crippen LogP contribution is -2.23. The van der Waals surface area contributed by atoms with E-state index in [1.807, 2.05) is 18.7 Å². The van der Waals surface area contributed by atoms with Gasteiger partial charge in [-0.05, 0) is 6.42 Å². The van der Waals surface area contributed by atoms with E-state index in [9.17, 15) is 10.2 Å². The Kier molecular flexibility index (Phi) is 3.59. The fourth-order valence-corrected chi connectivity index (χ4v) is 2.05. The minimum Gasteiger partial charge on any atom is -0.391 e. The Morgan fingerprint density at radius 1 is 1.53 bits per heavy atom. The van der Waals surface area contributed by atoms with E-state index in [1.165, 1.54) is 0 Å². The molecule has 0 bridgehead atoms. The van der Waals surface area contributed by atoms with Crippen molar-refractivity contribution in [2.24, 2.45) is 0 Å². The highest BCUT2D eigenvalue weighted by Crippen LogP contribution is 2.24. The molecule has 2 heterocycles. The molecular formula is C12H19N3O2. The Bertz CT molecular complexity index is 395. The zero-order valence-electron chi connectivity index (χ0n) is 10.3. The van der Waals surface area contributed by atoms with Gasteiger partial charge >= 0.3 is 0 Å². The second kappa shape index (κ2) is 4.98. The van der Waals surface area contributed by atoms with E-state index in [0.29, 0.717) is 12.2 Å². The molecule has 0 radical (unpaired) electrons. The second-order valence-corrected chi connectivity index (χ2v) is 4.76. The number of aromatic nitrogens is 2. The van der Waals surface area contributed by atoms with Crippen molar-refractivity contribution in [3.05, 3.63) is 17.7 Å². The van der Waals surface area contributed by atoms with Crippen LogP contribution in [0.25, 0.3) is 0 Å². The summed E-state index contributed by atoms with van der Waals surface area (Å²) in [5, 5.41) is 18.9. The molecule has 1 atom stereocenters. The van der Waals surface area contributed by atoms with E-state index in [-0.39, 0.29) is 18.6 Å². The summed E-state index contributed by atoms with van der Waals surface area (Å²) in [6, 6.07) is 0. The summed E-state index contributed by atoms with van der Waals surface area (Å²) in [5.41, 5.74) is 1.49. The maximum atomic E-state index is 9.52. The van der Waals surface area contributed by atoms with Crippen molar-refractivity contribution in [3.8, 4) is 0 Å². The largest absolute Gasteiger partial charge is 0.391 e. The Morgan fingerprint density at radius 3 is 2.82 bits per heavy atom. The fourth-order valence-electron chi connectivity index (χ4n) is 2.05. The first-order valence-corrected chi connectivity index (χ1v) is 6.01. The zero-order valence-corrected chi connectivity index (χ0v) is 10.3. The van der Waals surface area contributed by atoms with Crippen LogP contribution in [-0.4, -0.2) is 39.4 Å². The average Bonchev–Trinajstić information content (AvgIpc) is 2.74. The van der Waals surface area contributed by atoms with Crippen molar-refractivity contribution >= 4 is 5.69 Å². The molecule has 1 fully saturated rings. The maximum Gasteiger partial charge on any atom is 0.131 e. The molecule has 0 saturated carbocycles. The molecule has 2 N–H and O–H groups in total. The summed E-state index contributed by atoms with van der Waals surface area (Å²) in [5.74, 6) is 0.996. The van der Waals surface area contributed by atoms with E-state index in [2.05, 4.69) is 9.97 Å². The Hall–Kier alpha value is -1.20. The van der Waals surface area contributed by atoms with Gasteiger partial charge in [-0.1, -0.05) is 13.8 Å². The van der Waals surface area contributed by atoms with Crippen LogP contribution in [0.2, 0.25) is 0 Å². The Balaban J connectivity index is 2.28. The number of hydrogen-bond acceptors (Lipinski definition) is 5. The summed E-state index contributed by atoms with van der Waals surface area (Å²) < 4.78 is 0. The summed E-state index contributed by atoms with van der Waals surface area (Å²) in [4.78, 5) is 10.7. The molecule has 1 aliphatic rings. The van der Waals surface area contributed by atoms with Gasteiger partial charge in [0.25, 0.3) is 0 Å². The van der Waals surface area contributed by atoms with Gasteiger partial charge in [0.2, 0.25) is 0 Å². The molecule has 1 aromatic rings. The molecule has 0 aliphatic carbocycles. The van der Waals surface area contributed by atoms with Crippen molar-refractivity contribution in [2.45, 2.75) is 38.9 Å². The number of β-amino-alcohol motifs (C(OH)–C–C–N with tert-alkyl or cyclic N) is 1. The number of aliphatic hydroxyl groups is 2. The van der Waals surface area contributed by atoms with E-state index >= 15 is 0 Å². The molecule has 94 valence electrons. The van der Waals surface area contributed by atoms with E-state index in [4.69, 9.17) is 0 Å². The van der Waals surface area contributed by atoms with Gasteiger partial charge in [0.15, 0.2) is 0 Å². The van der Waals surface area contributed by atoms with Gasteiger partial charge in [0, 0.05) is 19.0 Å². The smallest absolute Gasteiger partial charge is 0.131 e. The molecule has 0 amide bonds. The maximum absolute atomic E-state index is 9.52. The SMILES string of the molecule is CC(C)c1ncc(N2CCC(O)C2)c(CO)n1. The molecule has 1 saturated heterocycles. The summed E-state index contributed by atoms with van der Waals surface area (Å²) in [6.45, 7) is 5.34. The van der Waals surface area contributed by atoms with E-state index < -0.39 is 0 Å². The molecule has 1 aliphatic heterocycles. The highest BCUT2D eigenvalue weighted by Gasteiger charge is 2.23. The van der Waals surface area contributed by atoms with Crippen LogP contribution in [0, 0.1) is 0 Å². The number of hydrogen-bond donors (Lipinski definition) is 2. The van der Waals surface area contributed by atoms with Crippen LogP contribution in [0.5, 0.6) is 0 Å². The highest BCUT2D eigenvalue weighted by atomic mass is 16.3. The lowest BCUT2D eigenvalue weighted by atomic mass is 10.2. The van der Waals surface area contributed by atoms with Gasteiger partial charge in [-0.2, -0.15) is 0 Å². The van der Waals surface area contributed by atoms with E-state index in [1.54, 1.807) is 6.20 Å². The third-order valence-electron chi connectivity index (χ3n) is 3.03. The zero-order chi connectivity index (χ0) is 12.4. The predicted octanol–water partition coefficient (Wildman–Crippen LogP) is 0.663. The molecule has 1 unspecified atom stereocenters. The number of nitrogens with zero attached hydrogens (tertiary/aromatic N) is 3. The van der Waals surface area contributed by atoms with Crippen molar-refractivity contribution < 1.29 is 10.2 Å². The topological polar surface area (TPSA) is 69.5 Å². The van der Waals surface area contributed by atoms with Crippen molar-refractivity contribution in [1.29, 1.82) is 0 Å². The molecule has 2 rings (SSSR count). The second-order valence-electron chi connectivity index (χ2n) is 4.76. The van der Waals surface area contributed by atoms with Crippen LogP contribution >= 0.6 is 0 Å². The standard InChI is InChI=1S/C12H19N3O2/c1-8(2)12-13-5-11(10(7-16)14-12)15-4-3-9(17)6-15/h5,8-9,16-17H,3-4,6-7H2,1-2H3. The Labute approximate surface area is 101 Å². The molecule has 0 spiro atoms. The molecular weight excluding hydrogens is 218 g/mol. The van der Waals surface area contributed by atoms with Gasteiger partial charge in [-0.25, -0.2) is 9.97 Å². The van der Waals surface area contributed by atoms with Gasteiger partial charge in [-0.3, -0.25) is 0 Å². The van der Waals surface area contributed by atoms with Gasteiger partial charge in [-0.15, -0.1) is 0 Å². The molecule has 1 aromatic heterocycles. The first-order valence-electron chi connectivity index (χ1n) is 6.01. The highest BCUT2D eigenvalue weighted by molar-refractivity contribution is 5.50. The quantitative estimate of drug-likeness (QED) is 0.808. The lowest BCUT2D eigenvalue weighted by Gasteiger charge is -2.20. The molecule has 0 aromatic carbocycles. The summed E-state index contributed by atoms with van der Waals surface area (Å²) in [6.07, 6.45) is 2.23. The predicted molar refractivity (Wildman–Crippen MR) is 64.9 cm³/mol. The molecule has 5 heteroatoms. The number of aliphatic hydroxyl groups excluding tert-OH is 2. The van der Waals surface area contributed by atoms with Crippen molar-refractivity contribution in [1.82, 2.24) is 9.97 Å². The summed E-state index contributed by atoms with van der Waals surface area (Å²) >= 11 is 0. The monoisotopic (exact) mass is 237 g/mol. The third kappa shape index (κ3) is 2.56. The van der Waals surface area contributed by atoms with Crippen LogP contribution in [0.4, 0.5) is 5.69 Å². The van der Waals surface area contributed by atoms with Crippen LogP contribution in [0.15, 0.2) is 6.20 Å². The minimum atomic E-state index is -0.286. The van der Waals surface area contributed by atoms with Crippen molar-refractivity contribution in [2.75, 3.05) is 18.0 Å². The lowest BCUT2D eigenvalue weighted by molar-refractivity contribution is 0.198. The first-order chi connectivity index (χ1) is 8.11. The normalized spacial score (nSPS) is 20.3. The first kappa shape index (κ1) is 12.3. The van der Waals surface area contributed by atoms with Crippen molar-refractivity contribution in [3.63, 3.8) is 0 Å². The number of rotatable bonds is 3. The fraction of sp³-hybridized carbons (Fsp3) is 0.667. The summed E-state index contributed by atoms with van der Waals surface area (Å²) in [7, 11) is 0. The van der Waals surface area contributed by atoms with Crippen LogP contribution in [0.3, 0.4) is 0 Å². The van der Waals surface area contributed by atoms with Gasteiger partial charge < -0.3 is 15.1 Å². The van der Waals surface area contributed by atoms with Crippen LogP contribution < -0.4 is 4.90 Å². The average molecular weight is 237 g/mol. The van der Waals surface area contributed by atoms with Gasteiger partial charge in [0.05, 0.1) is 30.3 Å². The minimum absolute atomic E-state index is 0.0931. The van der Waals surface area contributed by atoms with Gasteiger partial charge in [0.1, 0.15) is 5.82 Å². The third-order valence-corrected chi connectivity index (χ3v) is 3.03. The Morgan fingerprint density at radius 2 is 2.29 bits per heavy atom.